The summed E-state index contributed by atoms with van der Waals surface area (Å²) in [7, 11) is 3.82. The van der Waals surface area contributed by atoms with E-state index < -0.39 is 0 Å². The van der Waals surface area contributed by atoms with Crippen LogP contribution in [0.15, 0.2) is 47.2 Å². The predicted octanol–water partition coefficient (Wildman–Crippen LogP) is 4.37. The number of amides is 1. The first-order chi connectivity index (χ1) is 16.5. The molecule has 1 aromatic carbocycles. The van der Waals surface area contributed by atoms with Crippen molar-refractivity contribution in [3.8, 4) is 17.0 Å². The van der Waals surface area contributed by atoms with Gasteiger partial charge >= 0.3 is 0 Å². The van der Waals surface area contributed by atoms with Crippen molar-refractivity contribution in [1.29, 1.82) is 0 Å². The highest BCUT2D eigenvalue weighted by Crippen LogP contribution is 2.38. The number of carbonyl (C=O) groups excluding carboxylic acids is 1. The number of aromatic nitrogens is 2. The van der Waals surface area contributed by atoms with Crippen LogP contribution in [0.3, 0.4) is 0 Å². The second-order valence-corrected chi connectivity index (χ2v) is 9.32. The topological polar surface area (TPSA) is 71.4 Å². The zero-order valence-electron chi connectivity index (χ0n) is 19.2. The Morgan fingerprint density at radius 3 is 2.94 bits per heavy atom. The minimum absolute atomic E-state index is 0.115. The Morgan fingerprint density at radius 1 is 1.35 bits per heavy atom. The van der Waals surface area contributed by atoms with Gasteiger partial charge in [-0.25, -0.2) is 9.37 Å². The third kappa shape index (κ3) is 4.55. The van der Waals surface area contributed by atoms with Gasteiger partial charge in [0.25, 0.3) is 5.91 Å². The molecule has 2 aromatic heterocycles. The molecule has 175 valence electrons. The molecular weight excluding hydrogens is 452 g/mol. The van der Waals surface area contributed by atoms with Crippen LogP contribution in [-0.4, -0.2) is 49.5 Å². The fourth-order valence-corrected chi connectivity index (χ4v) is 4.79. The molecule has 2 N–H and O–H groups in total. The maximum Gasteiger partial charge on any atom is 0.253 e. The average molecular weight is 478 g/mol. The largest absolute Gasteiger partial charge is 0.486 e. The summed E-state index contributed by atoms with van der Waals surface area (Å²) in [5.74, 6) is -0.197. The van der Waals surface area contributed by atoms with Crippen LogP contribution in [0.5, 0.6) is 5.75 Å². The van der Waals surface area contributed by atoms with Crippen molar-refractivity contribution in [1.82, 2.24) is 14.8 Å². The van der Waals surface area contributed by atoms with Gasteiger partial charge in [-0.05, 0) is 49.2 Å². The van der Waals surface area contributed by atoms with Crippen molar-refractivity contribution in [2.24, 2.45) is 0 Å². The van der Waals surface area contributed by atoms with Crippen LogP contribution in [0.1, 0.15) is 29.6 Å². The fraction of sp³-hybridized carbons (Fsp3) is 0.333. The summed E-state index contributed by atoms with van der Waals surface area (Å²) in [6.07, 6.45) is 6.83. The van der Waals surface area contributed by atoms with E-state index in [1.807, 2.05) is 48.3 Å². The van der Waals surface area contributed by atoms with Crippen molar-refractivity contribution >= 4 is 35.5 Å². The number of ether oxygens (including phenoxy) is 1. The van der Waals surface area contributed by atoms with Crippen molar-refractivity contribution in [3.63, 3.8) is 0 Å². The molecule has 1 radical (unpaired) electrons. The monoisotopic (exact) mass is 478 g/mol. The van der Waals surface area contributed by atoms with Crippen molar-refractivity contribution in [2.45, 2.75) is 26.1 Å². The Balaban J connectivity index is 1.31. The molecule has 5 rings (SSSR count). The summed E-state index contributed by atoms with van der Waals surface area (Å²) in [6, 6.07) is 5.19. The van der Waals surface area contributed by atoms with Crippen molar-refractivity contribution in [2.75, 3.05) is 37.0 Å². The number of hydrogen-bond acceptors (Lipinski definition) is 6. The van der Waals surface area contributed by atoms with Gasteiger partial charge in [-0.3, -0.25) is 4.79 Å². The van der Waals surface area contributed by atoms with Gasteiger partial charge in [-0.15, -0.1) is 11.3 Å². The number of thiazole rings is 1. The van der Waals surface area contributed by atoms with Crippen LogP contribution in [0.25, 0.3) is 11.3 Å². The quantitative estimate of drug-likeness (QED) is 0.494. The summed E-state index contributed by atoms with van der Waals surface area (Å²) >= 11 is 1.46. The number of anilines is 2. The number of likely N-dealkylation sites (N-methyl/N-ethyl adjacent to an activating group) is 1. The Hall–Kier alpha value is -3.27. The lowest BCUT2D eigenvalue weighted by Gasteiger charge is -2.28. The molecule has 0 atom stereocenters. The minimum Gasteiger partial charge on any atom is -0.486 e. The summed E-state index contributed by atoms with van der Waals surface area (Å²) in [5.41, 5.74) is 5.05. The molecule has 1 aliphatic heterocycles. The van der Waals surface area contributed by atoms with Crippen LogP contribution >= 0.6 is 11.3 Å². The average Bonchev–Trinajstić information content (AvgIpc) is 3.46. The zero-order chi connectivity index (χ0) is 23.7. The van der Waals surface area contributed by atoms with E-state index in [1.54, 1.807) is 12.3 Å². The highest BCUT2D eigenvalue weighted by Gasteiger charge is 2.22. The van der Waals surface area contributed by atoms with Crippen molar-refractivity contribution < 1.29 is 13.9 Å². The zero-order valence-corrected chi connectivity index (χ0v) is 20.0. The number of hydrogen-bond donors (Lipinski definition) is 2. The predicted molar refractivity (Wildman–Crippen MR) is 135 cm³/mol. The maximum absolute atomic E-state index is 14.7. The number of rotatable bonds is 7. The van der Waals surface area contributed by atoms with E-state index in [0.29, 0.717) is 47.4 Å². The van der Waals surface area contributed by atoms with Gasteiger partial charge < -0.3 is 24.7 Å². The number of halogens is 1. The second-order valence-electron chi connectivity index (χ2n) is 8.46. The molecule has 1 saturated carbocycles. The molecule has 10 heteroatoms. The van der Waals surface area contributed by atoms with E-state index in [4.69, 9.17) is 9.72 Å². The Kier molecular flexibility index (Phi) is 6.32. The molecule has 3 aromatic rings. The van der Waals surface area contributed by atoms with Gasteiger partial charge in [-0.1, -0.05) is 6.82 Å². The molecule has 3 heterocycles. The summed E-state index contributed by atoms with van der Waals surface area (Å²) in [6.45, 7) is 3.50. The van der Waals surface area contributed by atoms with Crippen LogP contribution in [0.4, 0.5) is 15.2 Å². The van der Waals surface area contributed by atoms with Crippen LogP contribution in [-0.2, 0) is 0 Å². The molecule has 1 amide bonds. The number of carbonyl (C=O) groups is 1. The third-order valence-electron chi connectivity index (χ3n) is 6.25. The van der Waals surface area contributed by atoms with Gasteiger partial charge in [0, 0.05) is 29.9 Å². The number of nitrogens with zero attached hydrogens (tertiary/aromatic N) is 3. The molecule has 2 aliphatic rings. The number of allylic oxidation sites excluding steroid dienone is 1. The standard InChI is InChI=1S/C24H26BFN5O2S/c1-25-31-7-6-16(13-31)23(32)27-12-19(15-4-3-5-15)28-24-29-20(14-34-24)17-10-18(26)22-21(11-17)30(2)8-9-33-22/h6-7,10-11,13-14H,3-5,8-9,12H2,1-2H3,(H,27,32)(H,28,29). The SMILES string of the molecule is C[B]n1ccc(C(=O)NCC(Nc2nc(-c3cc(F)c4c(c3)N(C)CCO4)cs2)=C2CCC2)c1. The van der Waals surface area contributed by atoms with E-state index in [0.717, 1.165) is 30.6 Å². The Bertz CT molecular complexity index is 1250. The number of benzene rings is 1. The molecular formula is C24H26BFN5O2S. The maximum atomic E-state index is 14.7. The number of nitrogens with one attached hydrogen (secondary N) is 2. The van der Waals surface area contributed by atoms with Crippen LogP contribution < -0.4 is 20.3 Å². The first-order valence-electron chi connectivity index (χ1n) is 11.4. The lowest BCUT2D eigenvalue weighted by Crippen LogP contribution is -2.29. The van der Waals surface area contributed by atoms with Crippen LogP contribution in [0.2, 0.25) is 6.82 Å². The molecule has 0 saturated heterocycles. The minimum atomic E-state index is -0.379. The van der Waals surface area contributed by atoms with Crippen molar-refractivity contribution in [3.05, 3.63) is 58.6 Å². The lowest BCUT2D eigenvalue weighted by molar-refractivity contribution is 0.0957. The van der Waals surface area contributed by atoms with Gasteiger partial charge in [0.15, 0.2) is 16.7 Å². The molecule has 0 unspecified atom stereocenters. The fourth-order valence-electron chi connectivity index (χ4n) is 4.04. The van der Waals surface area contributed by atoms with Gasteiger partial charge in [0.1, 0.15) is 6.61 Å². The summed E-state index contributed by atoms with van der Waals surface area (Å²) in [4.78, 5) is 19.3. The molecule has 0 spiro atoms. The summed E-state index contributed by atoms with van der Waals surface area (Å²) < 4.78 is 22.0. The van der Waals surface area contributed by atoms with Crippen LogP contribution in [0, 0.1) is 5.82 Å². The Morgan fingerprint density at radius 2 is 2.21 bits per heavy atom. The molecule has 0 bridgehead atoms. The lowest BCUT2D eigenvalue weighted by atomic mass is 9.90. The van der Waals surface area contributed by atoms with Gasteiger partial charge in [0.2, 0.25) is 7.41 Å². The van der Waals surface area contributed by atoms with Gasteiger partial charge in [0.05, 0.1) is 30.0 Å². The third-order valence-corrected chi connectivity index (χ3v) is 7.01. The Labute approximate surface area is 202 Å². The first kappa shape index (κ1) is 22.5. The molecule has 7 nitrogen and oxygen atoms in total. The second kappa shape index (κ2) is 9.54. The molecule has 1 aliphatic carbocycles. The van der Waals surface area contributed by atoms with E-state index in [9.17, 15) is 9.18 Å². The smallest absolute Gasteiger partial charge is 0.253 e. The first-order valence-corrected chi connectivity index (χ1v) is 12.3. The highest BCUT2D eigenvalue weighted by atomic mass is 32.1. The summed E-state index contributed by atoms with van der Waals surface area (Å²) in [5, 5.41) is 9.06. The van der Waals surface area contributed by atoms with E-state index in [1.165, 1.54) is 23.0 Å². The van der Waals surface area contributed by atoms with E-state index in [2.05, 4.69) is 10.6 Å². The van der Waals surface area contributed by atoms with E-state index >= 15 is 0 Å². The molecule has 34 heavy (non-hydrogen) atoms. The van der Waals surface area contributed by atoms with E-state index in [-0.39, 0.29) is 11.7 Å². The highest BCUT2D eigenvalue weighted by molar-refractivity contribution is 7.14. The molecule has 1 fully saturated rings. The van der Waals surface area contributed by atoms with Gasteiger partial charge in [-0.2, -0.15) is 0 Å². The number of fused-ring (bicyclic) bond motifs is 1. The normalized spacial score (nSPS) is 14.7.